The van der Waals surface area contributed by atoms with Gasteiger partial charge in [0.15, 0.2) is 5.76 Å². The van der Waals surface area contributed by atoms with Crippen molar-refractivity contribution in [1.82, 2.24) is 10.1 Å². The van der Waals surface area contributed by atoms with Crippen LogP contribution in [0.2, 0.25) is 0 Å². The van der Waals surface area contributed by atoms with Gasteiger partial charge in [-0.05, 0) is 31.2 Å². The summed E-state index contributed by atoms with van der Waals surface area (Å²) in [5, 5.41) is 3.96. The Morgan fingerprint density at radius 1 is 1.26 bits per heavy atom. The van der Waals surface area contributed by atoms with Crippen LogP contribution in [0.15, 0.2) is 40.9 Å². The smallest absolute Gasteiger partial charge is 0.254 e. The number of nitrogens with zero attached hydrogens (tertiary/aromatic N) is 2. The van der Waals surface area contributed by atoms with Gasteiger partial charge < -0.3 is 9.26 Å². The van der Waals surface area contributed by atoms with Gasteiger partial charge in [-0.15, -0.1) is 0 Å². The molecule has 0 saturated carbocycles. The van der Waals surface area contributed by atoms with Crippen LogP contribution in [0.1, 0.15) is 30.7 Å². The van der Waals surface area contributed by atoms with E-state index in [1.165, 1.54) is 0 Å². The first-order valence-corrected chi connectivity index (χ1v) is 6.50. The molecule has 1 aromatic carbocycles. The van der Waals surface area contributed by atoms with Gasteiger partial charge in [0.2, 0.25) is 0 Å². The van der Waals surface area contributed by atoms with Gasteiger partial charge in [-0.2, -0.15) is 0 Å². The van der Waals surface area contributed by atoms with Crippen molar-refractivity contribution in [1.29, 1.82) is 0 Å². The maximum atomic E-state index is 5.62. The molecule has 4 nitrogen and oxygen atoms in total. The second-order valence-corrected chi connectivity index (χ2v) is 4.73. The summed E-state index contributed by atoms with van der Waals surface area (Å²) < 4.78 is 11.0. The lowest BCUT2D eigenvalue weighted by Gasteiger charge is -2.19. The molecule has 1 heterocycles. The minimum absolute atomic E-state index is 0.238. The van der Waals surface area contributed by atoms with Gasteiger partial charge in [-0.3, -0.25) is 4.90 Å². The first-order chi connectivity index (χ1) is 9.20. The topological polar surface area (TPSA) is 38.5 Å². The molecular weight excluding hydrogens is 240 g/mol. The Labute approximate surface area is 114 Å². The Hall–Kier alpha value is -1.81. The van der Waals surface area contributed by atoms with Gasteiger partial charge in [-0.25, -0.2) is 0 Å². The van der Waals surface area contributed by atoms with Crippen LogP contribution in [0.25, 0.3) is 0 Å². The number of hydrogen-bond acceptors (Lipinski definition) is 4. The van der Waals surface area contributed by atoms with Crippen LogP contribution >= 0.6 is 0 Å². The highest BCUT2D eigenvalue weighted by molar-refractivity contribution is 5.17. The van der Waals surface area contributed by atoms with Gasteiger partial charge in [0.1, 0.15) is 6.61 Å². The fraction of sp³-hybridized carbons (Fsp3) is 0.400. The highest BCUT2D eigenvalue weighted by Crippen LogP contribution is 2.25. The molecule has 1 atom stereocenters. The molecular formula is C15H20N2O2. The molecule has 4 heteroatoms. The number of rotatable bonds is 6. The molecule has 0 radical (unpaired) electrons. The Kier molecular flexibility index (Phi) is 4.58. The maximum absolute atomic E-state index is 5.62. The highest BCUT2D eigenvalue weighted by Gasteiger charge is 2.17. The van der Waals surface area contributed by atoms with Crippen molar-refractivity contribution in [3.05, 3.63) is 47.7 Å². The molecule has 0 aliphatic rings. The molecule has 0 spiro atoms. The van der Waals surface area contributed by atoms with Crippen LogP contribution in [0.5, 0.6) is 5.88 Å². The van der Waals surface area contributed by atoms with Crippen molar-refractivity contribution in [3.8, 4) is 5.88 Å². The average molecular weight is 260 g/mol. The van der Waals surface area contributed by atoms with E-state index in [-0.39, 0.29) is 6.04 Å². The molecule has 0 unspecified atom stereocenters. The zero-order chi connectivity index (χ0) is 13.7. The van der Waals surface area contributed by atoms with E-state index in [0.717, 1.165) is 17.7 Å². The van der Waals surface area contributed by atoms with Crippen molar-refractivity contribution < 1.29 is 9.26 Å². The summed E-state index contributed by atoms with van der Waals surface area (Å²) >= 11 is 0. The second-order valence-electron chi connectivity index (χ2n) is 4.73. The number of aromatic nitrogens is 1. The zero-order valence-electron chi connectivity index (χ0n) is 11.7. The van der Waals surface area contributed by atoms with Crippen molar-refractivity contribution >= 4 is 0 Å². The standard InChI is InChI=1S/C15H20N2O2/c1-4-13(17(2)3)14-10-15(16-19-14)18-11-12-8-6-5-7-9-12/h5-10,13H,4,11H2,1-3H3/t13-/m0/s1. The van der Waals surface area contributed by atoms with Crippen LogP contribution in [0.4, 0.5) is 0 Å². The molecule has 2 rings (SSSR count). The monoisotopic (exact) mass is 260 g/mol. The van der Waals surface area contributed by atoms with Crippen molar-refractivity contribution in [2.45, 2.75) is 26.0 Å². The minimum atomic E-state index is 0.238. The van der Waals surface area contributed by atoms with E-state index in [0.29, 0.717) is 12.5 Å². The number of benzene rings is 1. The van der Waals surface area contributed by atoms with E-state index >= 15 is 0 Å². The van der Waals surface area contributed by atoms with Crippen LogP contribution < -0.4 is 4.74 Å². The molecule has 0 fully saturated rings. The number of hydrogen-bond donors (Lipinski definition) is 0. The first kappa shape index (κ1) is 13.6. The Bertz CT molecular complexity index is 494. The van der Waals surface area contributed by atoms with Crippen molar-refractivity contribution in [2.75, 3.05) is 14.1 Å². The predicted octanol–water partition coefficient (Wildman–Crippen LogP) is 3.27. The zero-order valence-corrected chi connectivity index (χ0v) is 11.7. The average Bonchev–Trinajstić information content (AvgIpc) is 2.87. The molecule has 102 valence electrons. The third kappa shape index (κ3) is 3.58. The lowest BCUT2D eigenvalue weighted by Crippen LogP contribution is -2.18. The molecule has 0 amide bonds. The van der Waals surface area contributed by atoms with Crippen LogP contribution in [0.3, 0.4) is 0 Å². The SMILES string of the molecule is CC[C@@H](c1cc(OCc2ccccc2)no1)N(C)C. The molecule has 0 saturated heterocycles. The van der Waals surface area contributed by atoms with E-state index in [9.17, 15) is 0 Å². The summed E-state index contributed by atoms with van der Waals surface area (Å²) in [6.07, 6.45) is 0.973. The molecule has 0 aliphatic heterocycles. The fourth-order valence-corrected chi connectivity index (χ4v) is 2.05. The number of ether oxygens (including phenoxy) is 1. The fourth-order valence-electron chi connectivity index (χ4n) is 2.05. The molecule has 0 bridgehead atoms. The summed E-state index contributed by atoms with van der Waals surface area (Å²) in [6, 6.07) is 12.1. The summed E-state index contributed by atoms with van der Waals surface area (Å²) in [5.74, 6) is 1.38. The van der Waals surface area contributed by atoms with Gasteiger partial charge in [0.25, 0.3) is 5.88 Å². The van der Waals surface area contributed by atoms with Gasteiger partial charge in [-0.1, -0.05) is 37.3 Å². The van der Waals surface area contributed by atoms with Crippen LogP contribution in [-0.2, 0) is 6.61 Å². The largest absolute Gasteiger partial charge is 0.471 e. The van der Waals surface area contributed by atoms with E-state index in [2.05, 4.69) is 17.0 Å². The molecule has 2 aromatic rings. The molecule has 19 heavy (non-hydrogen) atoms. The van der Waals surface area contributed by atoms with Crippen molar-refractivity contribution in [3.63, 3.8) is 0 Å². The Morgan fingerprint density at radius 3 is 2.63 bits per heavy atom. The van der Waals surface area contributed by atoms with Gasteiger partial charge >= 0.3 is 0 Å². The van der Waals surface area contributed by atoms with E-state index in [1.807, 2.05) is 50.5 Å². The van der Waals surface area contributed by atoms with Gasteiger partial charge in [0.05, 0.1) is 6.04 Å². The van der Waals surface area contributed by atoms with E-state index in [4.69, 9.17) is 9.26 Å². The van der Waals surface area contributed by atoms with E-state index in [1.54, 1.807) is 0 Å². The molecule has 0 aliphatic carbocycles. The minimum Gasteiger partial charge on any atom is -0.471 e. The second kappa shape index (κ2) is 6.38. The highest BCUT2D eigenvalue weighted by atomic mass is 16.5. The molecule has 1 aromatic heterocycles. The van der Waals surface area contributed by atoms with Crippen molar-refractivity contribution in [2.24, 2.45) is 0 Å². The Balaban J connectivity index is 1.97. The van der Waals surface area contributed by atoms with E-state index < -0.39 is 0 Å². The quantitative estimate of drug-likeness (QED) is 0.799. The predicted molar refractivity (Wildman–Crippen MR) is 74.0 cm³/mol. The van der Waals surface area contributed by atoms with Gasteiger partial charge in [0, 0.05) is 6.07 Å². The van der Waals surface area contributed by atoms with Crippen LogP contribution in [-0.4, -0.2) is 24.2 Å². The normalized spacial score (nSPS) is 12.6. The first-order valence-electron chi connectivity index (χ1n) is 6.50. The molecule has 0 N–H and O–H groups in total. The summed E-state index contributed by atoms with van der Waals surface area (Å²) in [4.78, 5) is 2.11. The Morgan fingerprint density at radius 2 is 2.00 bits per heavy atom. The maximum Gasteiger partial charge on any atom is 0.254 e. The third-order valence-corrected chi connectivity index (χ3v) is 3.07. The summed E-state index contributed by atoms with van der Waals surface area (Å²) in [7, 11) is 4.06. The van der Waals surface area contributed by atoms with Crippen LogP contribution in [0, 0.1) is 0 Å². The lowest BCUT2D eigenvalue weighted by molar-refractivity contribution is 0.222. The third-order valence-electron chi connectivity index (χ3n) is 3.07. The lowest BCUT2D eigenvalue weighted by atomic mass is 10.1. The summed E-state index contributed by atoms with van der Waals surface area (Å²) in [6.45, 7) is 2.63. The summed E-state index contributed by atoms with van der Waals surface area (Å²) in [5.41, 5.74) is 1.12.